The van der Waals surface area contributed by atoms with Crippen LogP contribution in [0.5, 0.6) is 5.75 Å². The van der Waals surface area contributed by atoms with Gasteiger partial charge >= 0.3 is 0 Å². The highest BCUT2D eigenvalue weighted by atomic mass is 32.1. The highest BCUT2D eigenvalue weighted by Crippen LogP contribution is 2.35. The molecule has 3 rings (SSSR count). The fourth-order valence-corrected chi connectivity index (χ4v) is 3.39. The van der Waals surface area contributed by atoms with Gasteiger partial charge in [0.15, 0.2) is 6.10 Å². The molecule has 0 saturated heterocycles. The van der Waals surface area contributed by atoms with Crippen molar-refractivity contribution in [2.45, 2.75) is 12.2 Å². The average Bonchev–Trinajstić information content (AvgIpc) is 3.06. The molecule has 1 aromatic heterocycles. The lowest BCUT2D eigenvalue weighted by Gasteiger charge is -2.25. The molecule has 0 bridgehead atoms. The molecule has 2 N–H and O–H groups in total. The predicted molar refractivity (Wildman–Crippen MR) is 91.5 cm³/mol. The van der Waals surface area contributed by atoms with E-state index in [1.54, 1.807) is 13.1 Å². The number of likely N-dealkylation sites (N-methyl/N-ethyl adjacent to an activating group) is 1. The van der Waals surface area contributed by atoms with Crippen LogP contribution in [0, 0.1) is 5.82 Å². The van der Waals surface area contributed by atoms with Gasteiger partial charge in [-0.3, -0.25) is 0 Å². The van der Waals surface area contributed by atoms with Crippen LogP contribution in [-0.4, -0.2) is 24.8 Å². The van der Waals surface area contributed by atoms with Gasteiger partial charge in [0.25, 0.3) is 0 Å². The minimum atomic E-state index is -0.721. The summed E-state index contributed by atoms with van der Waals surface area (Å²) in [5.74, 6) is 0.320. The first-order valence-electron chi connectivity index (χ1n) is 7.40. The van der Waals surface area contributed by atoms with Crippen molar-refractivity contribution in [2.24, 2.45) is 0 Å². The van der Waals surface area contributed by atoms with E-state index in [9.17, 15) is 9.50 Å². The molecule has 5 heteroatoms. The summed E-state index contributed by atoms with van der Waals surface area (Å²) in [5.41, 5.74) is 0.878. The quantitative estimate of drug-likeness (QED) is 0.723. The Kier molecular flexibility index (Phi) is 4.91. The van der Waals surface area contributed by atoms with Crippen LogP contribution >= 0.6 is 11.3 Å². The van der Waals surface area contributed by atoms with Gasteiger partial charge in [0.2, 0.25) is 0 Å². The summed E-state index contributed by atoms with van der Waals surface area (Å²) in [7, 11) is 1.78. The highest BCUT2D eigenvalue weighted by Gasteiger charge is 2.23. The minimum Gasteiger partial charge on any atom is -0.482 e. The number of thiophene rings is 1. The van der Waals surface area contributed by atoms with Gasteiger partial charge in [0.05, 0.1) is 4.70 Å². The summed E-state index contributed by atoms with van der Waals surface area (Å²) in [6, 6.07) is 14.4. The lowest BCUT2D eigenvalue weighted by molar-refractivity contribution is 0.0379. The Balaban J connectivity index is 1.97. The minimum absolute atomic E-state index is 0.255. The largest absolute Gasteiger partial charge is 0.482 e. The number of ether oxygens (including phenoxy) is 1. The van der Waals surface area contributed by atoms with Crippen LogP contribution in [0.1, 0.15) is 11.7 Å². The molecule has 0 fully saturated rings. The molecule has 0 aliphatic carbocycles. The summed E-state index contributed by atoms with van der Waals surface area (Å²) in [4.78, 5) is 0. The maximum atomic E-state index is 13.8. The van der Waals surface area contributed by atoms with Crippen LogP contribution in [0.3, 0.4) is 0 Å². The maximum absolute atomic E-state index is 13.8. The van der Waals surface area contributed by atoms with E-state index in [0.29, 0.717) is 17.0 Å². The molecule has 0 aliphatic rings. The summed E-state index contributed by atoms with van der Waals surface area (Å²) >= 11 is 1.34. The summed E-state index contributed by atoms with van der Waals surface area (Å²) < 4.78 is 20.5. The Morgan fingerprint density at radius 3 is 2.70 bits per heavy atom. The molecule has 0 radical (unpaired) electrons. The highest BCUT2D eigenvalue weighted by molar-refractivity contribution is 7.17. The zero-order valence-electron chi connectivity index (χ0n) is 12.7. The summed E-state index contributed by atoms with van der Waals surface area (Å²) in [6.07, 6.45) is -1.25. The number of nitrogens with one attached hydrogen (secondary N) is 1. The van der Waals surface area contributed by atoms with E-state index in [1.807, 2.05) is 41.8 Å². The number of hydrogen-bond donors (Lipinski definition) is 2. The SMILES string of the molecule is CNC[C@@H](O)[C@H](Oc1ccc(F)c2sccc12)c1ccccc1. The summed E-state index contributed by atoms with van der Waals surface area (Å²) in [5, 5.41) is 16.0. The van der Waals surface area contributed by atoms with Gasteiger partial charge in [-0.1, -0.05) is 30.3 Å². The van der Waals surface area contributed by atoms with Crippen molar-refractivity contribution in [3.63, 3.8) is 0 Å². The maximum Gasteiger partial charge on any atom is 0.151 e. The fourth-order valence-electron chi connectivity index (χ4n) is 2.57. The van der Waals surface area contributed by atoms with Crippen molar-refractivity contribution in [1.82, 2.24) is 5.32 Å². The van der Waals surface area contributed by atoms with Crippen LogP contribution in [0.25, 0.3) is 10.1 Å². The molecule has 0 spiro atoms. The third-order valence-corrected chi connectivity index (χ3v) is 4.60. The van der Waals surface area contributed by atoms with Crippen molar-refractivity contribution < 1.29 is 14.2 Å². The smallest absolute Gasteiger partial charge is 0.151 e. The molecule has 120 valence electrons. The van der Waals surface area contributed by atoms with Gasteiger partial charge < -0.3 is 15.2 Å². The first kappa shape index (κ1) is 15.9. The van der Waals surface area contributed by atoms with Crippen molar-refractivity contribution in [2.75, 3.05) is 13.6 Å². The standard InChI is InChI=1S/C18H18FNO2S/c1-20-11-15(21)17(12-5-3-2-4-6-12)22-16-8-7-14(19)18-13(16)9-10-23-18/h2-10,15,17,20-21H,11H2,1H3/t15-,17-/m1/s1. The second-order valence-electron chi connectivity index (χ2n) is 5.28. The third kappa shape index (κ3) is 3.37. The van der Waals surface area contributed by atoms with Crippen LogP contribution in [-0.2, 0) is 0 Å². The molecule has 0 unspecified atom stereocenters. The average molecular weight is 331 g/mol. The van der Waals surface area contributed by atoms with Gasteiger partial charge in [0, 0.05) is 11.9 Å². The summed E-state index contributed by atoms with van der Waals surface area (Å²) in [6.45, 7) is 0.396. The number of rotatable bonds is 6. The third-order valence-electron chi connectivity index (χ3n) is 3.67. The zero-order chi connectivity index (χ0) is 16.2. The molecular formula is C18H18FNO2S. The molecule has 0 saturated carbocycles. The number of aliphatic hydroxyl groups excluding tert-OH is 1. The van der Waals surface area contributed by atoms with Gasteiger partial charge in [-0.25, -0.2) is 4.39 Å². The van der Waals surface area contributed by atoms with Gasteiger partial charge in [0.1, 0.15) is 17.7 Å². The molecule has 2 atom stereocenters. The predicted octanol–water partition coefficient (Wildman–Crippen LogP) is 3.74. The van der Waals surface area contributed by atoms with Crippen LogP contribution in [0.4, 0.5) is 4.39 Å². The monoisotopic (exact) mass is 331 g/mol. The normalized spacial score (nSPS) is 13.9. The molecule has 3 aromatic rings. The van der Waals surface area contributed by atoms with E-state index in [4.69, 9.17) is 4.74 Å². The van der Waals surface area contributed by atoms with Crippen molar-refractivity contribution in [3.05, 3.63) is 65.3 Å². The Morgan fingerprint density at radius 1 is 1.17 bits per heavy atom. The molecule has 2 aromatic carbocycles. The molecule has 0 amide bonds. The van der Waals surface area contributed by atoms with Crippen molar-refractivity contribution in [3.8, 4) is 5.75 Å². The number of halogens is 1. The van der Waals surface area contributed by atoms with E-state index in [2.05, 4.69) is 5.32 Å². The van der Waals surface area contributed by atoms with Crippen LogP contribution in [0.15, 0.2) is 53.9 Å². The molecule has 3 nitrogen and oxygen atoms in total. The lowest BCUT2D eigenvalue weighted by Crippen LogP contribution is -2.32. The molecule has 0 aliphatic heterocycles. The van der Waals surface area contributed by atoms with Crippen LogP contribution in [0.2, 0.25) is 0 Å². The fraction of sp³-hybridized carbons (Fsp3) is 0.222. The van der Waals surface area contributed by atoms with Gasteiger partial charge in [-0.2, -0.15) is 0 Å². The topological polar surface area (TPSA) is 41.5 Å². The zero-order valence-corrected chi connectivity index (χ0v) is 13.5. The number of fused-ring (bicyclic) bond motifs is 1. The van der Waals surface area contributed by atoms with E-state index < -0.39 is 12.2 Å². The molecule has 23 heavy (non-hydrogen) atoms. The van der Waals surface area contributed by atoms with Gasteiger partial charge in [-0.05, 0) is 36.2 Å². The first-order valence-corrected chi connectivity index (χ1v) is 8.28. The first-order chi connectivity index (χ1) is 11.2. The van der Waals surface area contributed by atoms with E-state index in [0.717, 1.165) is 10.9 Å². The lowest BCUT2D eigenvalue weighted by atomic mass is 10.0. The Morgan fingerprint density at radius 2 is 1.96 bits per heavy atom. The van der Waals surface area contributed by atoms with Crippen molar-refractivity contribution in [1.29, 1.82) is 0 Å². The van der Waals surface area contributed by atoms with E-state index in [1.165, 1.54) is 17.4 Å². The number of aliphatic hydroxyl groups is 1. The van der Waals surface area contributed by atoms with E-state index in [-0.39, 0.29) is 5.82 Å². The Labute approximate surface area is 138 Å². The molecule has 1 heterocycles. The second kappa shape index (κ2) is 7.08. The van der Waals surface area contributed by atoms with E-state index >= 15 is 0 Å². The van der Waals surface area contributed by atoms with Crippen LogP contribution < -0.4 is 10.1 Å². The Bertz CT molecular complexity index is 775. The Hall–Kier alpha value is -1.95. The van der Waals surface area contributed by atoms with Crippen molar-refractivity contribution >= 4 is 21.4 Å². The number of hydrogen-bond acceptors (Lipinski definition) is 4. The number of benzene rings is 2. The second-order valence-corrected chi connectivity index (χ2v) is 6.20. The van der Waals surface area contributed by atoms with Gasteiger partial charge in [-0.15, -0.1) is 11.3 Å². The molecular weight excluding hydrogens is 313 g/mol.